The first-order chi connectivity index (χ1) is 8.38. The third-order valence-corrected chi connectivity index (χ3v) is 3.42. The number of halogens is 1. The average Bonchev–Trinajstić information content (AvgIpc) is 2.28. The van der Waals surface area contributed by atoms with E-state index in [0.29, 0.717) is 11.4 Å². The summed E-state index contributed by atoms with van der Waals surface area (Å²) < 4.78 is 6.11. The predicted molar refractivity (Wildman–Crippen MR) is 79.9 cm³/mol. The lowest BCUT2D eigenvalue weighted by atomic mass is 10.2. The van der Waals surface area contributed by atoms with E-state index in [9.17, 15) is 4.79 Å². The van der Waals surface area contributed by atoms with Crippen LogP contribution in [0.5, 0.6) is 5.75 Å². The molecule has 0 fully saturated rings. The van der Waals surface area contributed by atoms with Gasteiger partial charge in [-0.05, 0) is 50.3 Å². The molecule has 0 N–H and O–H groups in total. The van der Waals surface area contributed by atoms with Gasteiger partial charge in [0, 0.05) is 24.3 Å². The Balaban J connectivity index is 3.09. The SMILES string of the molecule is COc1cc(C(=O)N(C(C)C)C(C)C)ncc1I. The van der Waals surface area contributed by atoms with E-state index >= 15 is 0 Å². The van der Waals surface area contributed by atoms with E-state index in [1.54, 1.807) is 19.4 Å². The van der Waals surface area contributed by atoms with Crippen LogP contribution in [-0.2, 0) is 0 Å². The lowest BCUT2D eigenvalue weighted by Gasteiger charge is -2.30. The molecule has 0 bridgehead atoms. The minimum atomic E-state index is -0.0605. The molecule has 18 heavy (non-hydrogen) atoms. The smallest absolute Gasteiger partial charge is 0.273 e. The molecule has 1 amide bonds. The van der Waals surface area contributed by atoms with Crippen LogP contribution in [0.15, 0.2) is 12.3 Å². The first-order valence-corrected chi connectivity index (χ1v) is 6.98. The zero-order chi connectivity index (χ0) is 13.9. The van der Waals surface area contributed by atoms with E-state index in [0.717, 1.165) is 3.57 Å². The molecule has 0 saturated carbocycles. The fraction of sp³-hybridized carbons (Fsp3) is 0.538. The second-order valence-electron chi connectivity index (χ2n) is 4.60. The van der Waals surface area contributed by atoms with Gasteiger partial charge in [-0.2, -0.15) is 0 Å². The van der Waals surface area contributed by atoms with Crippen molar-refractivity contribution in [2.24, 2.45) is 0 Å². The summed E-state index contributed by atoms with van der Waals surface area (Å²) in [7, 11) is 1.59. The molecule has 4 nitrogen and oxygen atoms in total. The van der Waals surface area contributed by atoms with Crippen LogP contribution in [-0.4, -0.2) is 35.0 Å². The monoisotopic (exact) mass is 362 g/mol. The van der Waals surface area contributed by atoms with Gasteiger partial charge in [0.2, 0.25) is 0 Å². The summed E-state index contributed by atoms with van der Waals surface area (Å²) in [5.74, 6) is 0.621. The van der Waals surface area contributed by atoms with Crippen LogP contribution >= 0.6 is 22.6 Å². The van der Waals surface area contributed by atoms with Crippen molar-refractivity contribution in [3.63, 3.8) is 0 Å². The van der Waals surface area contributed by atoms with Gasteiger partial charge in [-0.15, -0.1) is 0 Å². The maximum absolute atomic E-state index is 12.4. The molecule has 5 heteroatoms. The molecule has 0 radical (unpaired) electrons. The highest BCUT2D eigenvalue weighted by Gasteiger charge is 2.23. The van der Waals surface area contributed by atoms with Crippen molar-refractivity contribution in [1.82, 2.24) is 9.88 Å². The summed E-state index contributed by atoms with van der Waals surface area (Å²) in [6, 6.07) is 1.98. The van der Waals surface area contributed by atoms with Crippen molar-refractivity contribution in [2.45, 2.75) is 39.8 Å². The number of methoxy groups -OCH3 is 1. The van der Waals surface area contributed by atoms with Gasteiger partial charge in [0.15, 0.2) is 0 Å². The number of nitrogens with zero attached hydrogens (tertiary/aromatic N) is 2. The van der Waals surface area contributed by atoms with Crippen molar-refractivity contribution in [3.05, 3.63) is 21.5 Å². The topological polar surface area (TPSA) is 42.4 Å². The van der Waals surface area contributed by atoms with E-state index in [4.69, 9.17) is 4.74 Å². The van der Waals surface area contributed by atoms with E-state index < -0.39 is 0 Å². The van der Waals surface area contributed by atoms with Crippen LogP contribution in [0.25, 0.3) is 0 Å². The quantitative estimate of drug-likeness (QED) is 0.774. The normalized spacial score (nSPS) is 10.9. The Morgan fingerprint density at radius 1 is 1.33 bits per heavy atom. The fourth-order valence-electron chi connectivity index (χ4n) is 1.89. The van der Waals surface area contributed by atoms with Gasteiger partial charge in [-0.3, -0.25) is 4.79 Å². The number of ether oxygens (including phenoxy) is 1. The molecule has 0 atom stereocenters. The maximum atomic E-state index is 12.4. The van der Waals surface area contributed by atoms with Crippen molar-refractivity contribution in [1.29, 1.82) is 0 Å². The van der Waals surface area contributed by atoms with E-state index in [-0.39, 0.29) is 18.0 Å². The highest BCUT2D eigenvalue weighted by molar-refractivity contribution is 14.1. The molecule has 0 saturated heterocycles. The molecule has 1 rings (SSSR count). The molecule has 0 spiro atoms. The molecule has 0 aromatic carbocycles. The molecule has 1 aromatic rings. The Bertz CT molecular complexity index is 425. The van der Waals surface area contributed by atoms with Crippen LogP contribution < -0.4 is 4.74 Å². The van der Waals surface area contributed by atoms with Crippen LogP contribution in [0.3, 0.4) is 0 Å². The summed E-state index contributed by atoms with van der Waals surface area (Å²) in [4.78, 5) is 18.4. The molecule has 0 aliphatic carbocycles. The van der Waals surface area contributed by atoms with Gasteiger partial charge in [0.05, 0.1) is 10.7 Å². The van der Waals surface area contributed by atoms with Gasteiger partial charge >= 0.3 is 0 Å². The number of hydrogen-bond donors (Lipinski definition) is 0. The van der Waals surface area contributed by atoms with E-state index in [2.05, 4.69) is 27.6 Å². The average molecular weight is 362 g/mol. The van der Waals surface area contributed by atoms with Crippen LogP contribution in [0, 0.1) is 3.57 Å². The molecule has 1 aromatic heterocycles. The first-order valence-electron chi connectivity index (χ1n) is 5.90. The number of carbonyl (C=O) groups excluding carboxylic acids is 1. The van der Waals surface area contributed by atoms with Crippen molar-refractivity contribution >= 4 is 28.5 Å². The standard InChI is InChI=1S/C13H19IN2O2/c1-8(2)16(9(3)4)13(17)11-6-12(18-5)10(14)7-15-11/h6-9H,1-5H3. The summed E-state index contributed by atoms with van der Waals surface area (Å²) in [5, 5.41) is 0. The summed E-state index contributed by atoms with van der Waals surface area (Å²) in [6.45, 7) is 8.01. The zero-order valence-electron chi connectivity index (χ0n) is 11.4. The number of hydrogen-bond acceptors (Lipinski definition) is 3. The lowest BCUT2D eigenvalue weighted by Crippen LogP contribution is -2.42. The molecule has 0 unspecified atom stereocenters. The minimum Gasteiger partial charge on any atom is -0.496 e. The Labute approximate surface area is 122 Å². The Morgan fingerprint density at radius 3 is 2.33 bits per heavy atom. The van der Waals surface area contributed by atoms with E-state index in [1.165, 1.54) is 0 Å². The number of amides is 1. The van der Waals surface area contributed by atoms with Crippen LogP contribution in [0.1, 0.15) is 38.2 Å². The Kier molecular flexibility index (Phi) is 5.37. The third-order valence-electron chi connectivity index (χ3n) is 2.61. The van der Waals surface area contributed by atoms with Crippen LogP contribution in [0.2, 0.25) is 0 Å². The predicted octanol–water partition coefficient (Wildman–Crippen LogP) is 2.95. The second kappa shape index (κ2) is 6.36. The second-order valence-corrected chi connectivity index (χ2v) is 5.77. The van der Waals surface area contributed by atoms with Gasteiger partial charge in [-0.1, -0.05) is 0 Å². The maximum Gasteiger partial charge on any atom is 0.273 e. The van der Waals surface area contributed by atoms with Crippen molar-refractivity contribution in [3.8, 4) is 5.75 Å². The van der Waals surface area contributed by atoms with E-state index in [1.807, 2.05) is 32.6 Å². The van der Waals surface area contributed by atoms with Gasteiger partial charge in [-0.25, -0.2) is 4.98 Å². The largest absolute Gasteiger partial charge is 0.496 e. The number of pyridine rings is 1. The fourth-order valence-corrected chi connectivity index (χ4v) is 2.41. The number of carbonyl (C=O) groups is 1. The lowest BCUT2D eigenvalue weighted by molar-refractivity contribution is 0.0637. The molecular formula is C13H19IN2O2. The first kappa shape index (κ1) is 15.2. The Morgan fingerprint density at radius 2 is 1.89 bits per heavy atom. The molecular weight excluding hydrogens is 343 g/mol. The van der Waals surface area contributed by atoms with Crippen LogP contribution in [0.4, 0.5) is 0 Å². The zero-order valence-corrected chi connectivity index (χ0v) is 13.6. The highest BCUT2D eigenvalue weighted by Crippen LogP contribution is 2.21. The third kappa shape index (κ3) is 3.34. The molecule has 0 aliphatic rings. The van der Waals surface area contributed by atoms with Gasteiger partial charge in [0.1, 0.15) is 11.4 Å². The molecule has 0 aliphatic heterocycles. The van der Waals surface area contributed by atoms with Gasteiger partial charge < -0.3 is 9.64 Å². The summed E-state index contributed by atoms with van der Waals surface area (Å²) in [5.41, 5.74) is 0.426. The highest BCUT2D eigenvalue weighted by atomic mass is 127. The van der Waals surface area contributed by atoms with Crippen molar-refractivity contribution < 1.29 is 9.53 Å². The molecule has 1 heterocycles. The molecule has 100 valence electrons. The Hall–Kier alpha value is -0.850. The number of aromatic nitrogens is 1. The number of rotatable bonds is 4. The summed E-state index contributed by atoms with van der Waals surface area (Å²) >= 11 is 2.13. The van der Waals surface area contributed by atoms with Crippen molar-refractivity contribution in [2.75, 3.05) is 7.11 Å². The summed E-state index contributed by atoms with van der Waals surface area (Å²) in [6.07, 6.45) is 1.66. The minimum absolute atomic E-state index is 0.0605. The van der Waals surface area contributed by atoms with Gasteiger partial charge in [0.25, 0.3) is 5.91 Å².